The Morgan fingerprint density at radius 3 is 2.39 bits per heavy atom. The Kier molecular flexibility index (Phi) is 7.31. The van der Waals surface area contributed by atoms with Crippen LogP contribution in [0.5, 0.6) is 0 Å². The number of pyridine rings is 1. The van der Waals surface area contributed by atoms with Gasteiger partial charge in [-0.05, 0) is 42.8 Å². The van der Waals surface area contributed by atoms with Gasteiger partial charge in [-0.1, -0.05) is 18.2 Å². The predicted octanol–water partition coefficient (Wildman–Crippen LogP) is 4.41. The molecule has 1 aromatic heterocycles. The largest absolute Gasteiger partial charge is 0.490 e. The third-order valence-corrected chi connectivity index (χ3v) is 4.83. The van der Waals surface area contributed by atoms with Crippen LogP contribution < -0.4 is 15.5 Å². The molecule has 0 radical (unpaired) electrons. The van der Waals surface area contributed by atoms with Gasteiger partial charge in [-0.3, -0.25) is 4.98 Å². The highest BCUT2D eigenvalue weighted by atomic mass is 19.4. The minimum absolute atomic E-state index is 0.0578. The first-order chi connectivity index (χ1) is 15.6. The van der Waals surface area contributed by atoms with Crippen molar-refractivity contribution in [1.29, 1.82) is 0 Å². The van der Waals surface area contributed by atoms with E-state index in [2.05, 4.69) is 26.6 Å². The maximum Gasteiger partial charge on any atom is 0.490 e. The van der Waals surface area contributed by atoms with Gasteiger partial charge in [-0.15, -0.1) is 0 Å². The van der Waals surface area contributed by atoms with Crippen molar-refractivity contribution in [1.82, 2.24) is 10.3 Å². The number of aliphatic carboxylic acids is 1. The average Bonchev–Trinajstić information content (AvgIpc) is 3.23. The van der Waals surface area contributed by atoms with E-state index in [-0.39, 0.29) is 17.9 Å². The number of benzene rings is 2. The molecule has 3 N–H and O–H groups in total. The SMILES string of the molecule is O=C(Nc1ccc(F)cc1)NC1CCN(c2ccnc3ccccc23)C1.O=C(O)C(F)(F)F. The summed E-state index contributed by atoms with van der Waals surface area (Å²) in [7, 11) is 0. The lowest BCUT2D eigenvalue weighted by molar-refractivity contribution is -0.192. The zero-order valence-corrected chi connectivity index (χ0v) is 17.1. The Balaban J connectivity index is 0.000000383. The number of urea groups is 1. The van der Waals surface area contributed by atoms with Crippen LogP contribution >= 0.6 is 0 Å². The van der Waals surface area contributed by atoms with E-state index in [0.29, 0.717) is 5.69 Å². The van der Waals surface area contributed by atoms with Crippen molar-refractivity contribution < 1.29 is 32.3 Å². The molecule has 0 aliphatic carbocycles. The van der Waals surface area contributed by atoms with Gasteiger partial charge in [0.2, 0.25) is 0 Å². The molecule has 33 heavy (non-hydrogen) atoms. The number of carboxylic acid groups (broad SMARTS) is 1. The molecule has 1 aliphatic rings. The first-order valence-corrected chi connectivity index (χ1v) is 9.85. The molecule has 2 amide bonds. The van der Waals surface area contributed by atoms with Crippen molar-refractivity contribution in [2.24, 2.45) is 0 Å². The van der Waals surface area contributed by atoms with Crippen molar-refractivity contribution in [3.05, 3.63) is 66.6 Å². The normalized spacial score (nSPS) is 15.5. The van der Waals surface area contributed by atoms with Gasteiger partial charge in [-0.2, -0.15) is 13.2 Å². The standard InChI is InChI=1S/C20H19FN4O.C2HF3O2/c21-14-5-7-15(8-6-14)23-20(26)24-16-10-12-25(13-16)19-9-11-22-18-4-2-1-3-17(18)19;3-2(4,5)1(6)7/h1-9,11,16H,10,12-13H2,(H2,23,24,26);(H,6,7). The fourth-order valence-corrected chi connectivity index (χ4v) is 3.34. The van der Waals surface area contributed by atoms with E-state index in [1.54, 1.807) is 12.1 Å². The van der Waals surface area contributed by atoms with Crippen LogP contribution in [0.1, 0.15) is 6.42 Å². The molecule has 0 saturated carbocycles. The molecule has 1 aliphatic heterocycles. The number of anilines is 2. The lowest BCUT2D eigenvalue weighted by Gasteiger charge is -2.20. The van der Waals surface area contributed by atoms with Gasteiger partial charge in [0.25, 0.3) is 0 Å². The lowest BCUT2D eigenvalue weighted by atomic mass is 10.2. The molecule has 11 heteroatoms. The van der Waals surface area contributed by atoms with E-state index in [0.717, 1.165) is 36.1 Å². The fraction of sp³-hybridized carbons (Fsp3) is 0.227. The van der Waals surface area contributed by atoms with Crippen LogP contribution in [0.4, 0.5) is 33.7 Å². The number of alkyl halides is 3. The van der Waals surface area contributed by atoms with E-state index in [1.807, 2.05) is 30.5 Å². The number of hydrogen-bond donors (Lipinski definition) is 3. The molecule has 4 rings (SSSR count). The van der Waals surface area contributed by atoms with Gasteiger partial charge in [0.05, 0.1) is 5.52 Å². The van der Waals surface area contributed by atoms with Gasteiger partial charge in [0, 0.05) is 42.1 Å². The summed E-state index contributed by atoms with van der Waals surface area (Å²) >= 11 is 0. The second-order valence-electron chi connectivity index (χ2n) is 7.19. The van der Waals surface area contributed by atoms with Gasteiger partial charge < -0.3 is 20.6 Å². The summed E-state index contributed by atoms with van der Waals surface area (Å²) in [4.78, 5) is 27.7. The number of carbonyl (C=O) groups excluding carboxylic acids is 1. The van der Waals surface area contributed by atoms with E-state index in [9.17, 15) is 22.4 Å². The molecule has 1 unspecified atom stereocenters. The number of halogens is 4. The number of nitrogens with one attached hydrogen (secondary N) is 2. The minimum Gasteiger partial charge on any atom is -0.475 e. The van der Waals surface area contributed by atoms with Crippen molar-refractivity contribution in [3.63, 3.8) is 0 Å². The monoisotopic (exact) mass is 464 g/mol. The summed E-state index contributed by atoms with van der Waals surface area (Å²) in [6.45, 7) is 1.61. The number of carboxylic acids is 1. The number of carbonyl (C=O) groups is 2. The van der Waals surface area contributed by atoms with Gasteiger partial charge in [0.1, 0.15) is 5.82 Å². The minimum atomic E-state index is -5.08. The van der Waals surface area contributed by atoms with Crippen molar-refractivity contribution in [2.45, 2.75) is 18.6 Å². The maximum atomic E-state index is 12.9. The van der Waals surface area contributed by atoms with Crippen LogP contribution in [0, 0.1) is 5.82 Å². The summed E-state index contributed by atoms with van der Waals surface area (Å²) in [5, 5.41) is 14.0. The van der Waals surface area contributed by atoms with E-state index in [4.69, 9.17) is 9.90 Å². The molecule has 174 valence electrons. The van der Waals surface area contributed by atoms with E-state index < -0.39 is 12.1 Å². The van der Waals surface area contributed by atoms with Gasteiger partial charge in [0.15, 0.2) is 0 Å². The molecule has 1 atom stereocenters. The van der Waals surface area contributed by atoms with E-state index in [1.165, 1.54) is 12.1 Å². The fourth-order valence-electron chi connectivity index (χ4n) is 3.34. The van der Waals surface area contributed by atoms with Crippen molar-refractivity contribution in [3.8, 4) is 0 Å². The van der Waals surface area contributed by atoms with Crippen LogP contribution in [0.2, 0.25) is 0 Å². The van der Waals surface area contributed by atoms with Crippen LogP contribution in [-0.4, -0.2) is 47.4 Å². The highest BCUT2D eigenvalue weighted by Gasteiger charge is 2.38. The topological polar surface area (TPSA) is 94.6 Å². The zero-order valence-electron chi connectivity index (χ0n) is 17.1. The quantitative estimate of drug-likeness (QED) is 0.500. The second kappa shape index (κ2) is 10.2. The van der Waals surface area contributed by atoms with Gasteiger partial charge in [-0.25, -0.2) is 14.0 Å². The Morgan fingerprint density at radius 1 is 1.06 bits per heavy atom. The summed E-state index contributed by atoms with van der Waals surface area (Å²) in [6, 6.07) is 15.6. The zero-order chi connectivity index (χ0) is 24.0. The highest BCUT2D eigenvalue weighted by molar-refractivity contribution is 5.92. The number of fused-ring (bicyclic) bond motifs is 1. The van der Waals surface area contributed by atoms with Crippen molar-refractivity contribution >= 4 is 34.3 Å². The molecule has 2 heterocycles. The number of aromatic nitrogens is 1. The Labute approximate surface area is 186 Å². The Bertz CT molecular complexity index is 1120. The molecule has 1 saturated heterocycles. The lowest BCUT2D eigenvalue weighted by Crippen LogP contribution is -2.39. The van der Waals surface area contributed by atoms with Crippen LogP contribution in [0.15, 0.2) is 60.8 Å². The maximum absolute atomic E-state index is 12.9. The first-order valence-electron chi connectivity index (χ1n) is 9.85. The predicted molar refractivity (Wildman–Crippen MR) is 115 cm³/mol. The van der Waals surface area contributed by atoms with Crippen molar-refractivity contribution in [2.75, 3.05) is 23.3 Å². The van der Waals surface area contributed by atoms with E-state index >= 15 is 0 Å². The number of nitrogens with zero attached hydrogens (tertiary/aromatic N) is 2. The summed E-state index contributed by atoms with van der Waals surface area (Å²) < 4.78 is 44.7. The molecular formula is C22H20F4N4O3. The Hall–Kier alpha value is -3.89. The summed E-state index contributed by atoms with van der Waals surface area (Å²) in [6.07, 6.45) is -2.40. The second-order valence-corrected chi connectivity index (χ2v) is 7.19. The first kappa shape index (κ1) is 23.8. The van der Waals surface area contributed by atoms with Crippen LogP contribution in [0.25, 0.3) is 10.9 Å². The molecular weight excluding hydrogens is 444 g/mol. The number of amides is 2. The van der Waals surface area contributed by atoms with Gasteiger partial charge >= 0.3 is 18.2 Å². The summed E-state index contributed by atoms with van der Waals surface area (Å²) in [5.74, 6) is -3.08. The third-order valence-electron chi connectivity index (χ3n) is 4.83. The molecule has 7 nitrogen and oxygen atoms in total. The number of rotatable bonds is 3. The molecule has 2 aromatic carbocycles. The Morgan fingerprint density at radius 2 is 1.73 bits per heavy atom. The van der Waals surface area contributed by atoms with Crippen LogP contribution in [0.3, 0.4) is 0 Å². The smallest absolute Gasteiger partial charge is 0.475 e. The molecule has 0 spiro atoms. The highest BCUT2D eigenvalue weighted by Crippen LogP contribution is 2.28. The number of hydrogen-bond acceptors (Lipinski definition) is 4. The molecule has 1 fully saturated rings. The third kappa shape index (κ3) is 6.55. The number of para-hydroxylation sites is 1. The van der Waals surface area contributed by atoms with Crippen LogP contribution in [-0.2, 0) is 4.79 Å². The molecule has 3 aromatic rings. The average molecular weight is 464 g/mol. The summed E-state index contributed by atoms with van der Waals surface area (Å²) in [5.41, 5.74) is 2.67. The molecule has 0 bridgehead atoms.